The van der Waals surface area contributed by atoms with Gasteiger partial charge in [0.05, 0.1) is 13.3 Å². The van der Waals surface area contributed by atoms with Crippen molar-refractivity contribution in [3.63, 3.8) is 0 Å². The summed E-state index contributed by atoms with van der Waals surface area (Å²) >= 11 is 0. The van der Waals surface area contributed by atoms with Crippen LogP contribution in [0.1, 0.15) is 25.7 Å². The van der Waals surface area contributed by atoms with Crippen molar-refractivity contribution in [3.05, 3.63) is 0 Å². The van der Waals surface area contributed by atoms with E-state index < -0.39 is 0 Å². The van der Waals surface area contributed by atoms with Crippen LogP contribution in [0.2, 0.25) is 0 Å². The average molecular weight is 212 g/mol. The quantitative estimate of drug-likeness (QED) is 0.395. The molecule has 12 heavy (non-hydrogen) atoms. The van der Waals surface area contributed by atoms with Gasteiger partial charge in [0.1, 0.15) is 0 Å². The van der Waals surface area contributed by atoms with Gasteiger partial charge in [-0.2, -0.15) is 0 Å². The van der Waals surface area contributed by atoms with Gasteiger partial charge in [-0.25, -0.2) is 0 Å². The molecule has 0 bridgehead atoms. The number of alkyl halides is 2. The number of hydrogen-bond donors (Lipinski definition) is 0. The maximum absolute atomic E-state index is 11.6. The molecule has 0 aromatic heterocycles. The van der Waals surface area contributed by atoms with Crippen LogP contribution in [-0.2, 0) is 0 Å². The van der Waals surface area contributed by atoms with Crippen LogP contribution in [0, 0.1) is 0 Å². The summed E-state index contributed by atoms with van der Waals surface area (Å²) in [6.45, 7) is -0.372. The Hall–Kier alpha value is 0.720. The number of hydrogen-bond acceptors (Lipinski definition) is 0. The fourth-order valence-electron chi connectivity index (χ4n) is 0.695. The molecule has 0 aliphatic heterocycles. The Morgan fingerprint density at radius 3 is 1.42 bits per heavy atom. The van der Waals surface area contributed by atoms with Crippen LogP contribution >= 0.6 is 16.5 Å². The standard InChI is InChI=1S/C8H16F2P2/c9-5-1-3-7-11-12-8-4-2-6-10/h1-8H2. The molecule has 2 radical (unpaired) electrons. The van der Waals surface area contributed by atoms with Crippen molar-refractivity contribution in [1.82, 2.24) is 0 Å². The molecule has 0 heterocycles. The Morgan fingerprint density at radius 2 is 1.08 bits per heavy atom. The zero-order valence-electron chi connectivity index (χ0n) is 7.31. The van der Waals surface area contributed by atoms with Crippen LogP contribution in [0.3, 0.4) is 0 Å². The van der Waals surface area contributed by atoms with Gasteiger partial charge in [0.2, 0.25) is 0 Å². The molecule has 0 aliphatic carbocycles. The van der Waals surface area contributed by atoms with E-state index >= 15 is 0 Å². The van der Waals surface area contributed by atoms with Crippen LogP contribution in [-0.4, -0.2) is 25.7 Å². The third-order valence-electron chi connectivity index (χ3n) is 1.38. The van der Waals surface area contributed by atoms with Gasteiger partial charge in [-0.05, 0) is 54.5 Å². The largest absolute Gasteiger partial charge is 0.251 e. The summed E-state index contributed by atoms with van der Waals surface area (Å²) in [6, 6.07) is 0. The lowest BCUT2D eigenvalue weighted by Crippen LogP contribution is -1.80. The molecule has 0 rings (SSSR count). The highest BCUT2D eigenvalue weighted by Crippen LogP contribution is 2.37. The minimum absolute atomic E-state index is 0.186. The summed E-state index contributed by atoms with van der Waals surface area (Å²) in [4.78, 5) is 0. The van der Waals surface area contributed by atoms with Gasteiger partial charge in [-0.15, -0.1) is 0 Å². The second-order valence-electron chi connectivity index (χ2n) is 2.52. The molecule has 0 aromatic rings. The van der Waals surface area contributed by atoms with Crippen molar-refractivity contribution < 1.29 is 8.78 Å². The van der Waals surface area contributed by atoms with Crippen LogP contribution in [0.4, 0.5) is 8.78 Å². The summed E-state index contributed by atoms with van der Waals surface area (Å²) in [5.41, 5.74) is 0. The van der Waals surface area contributed by atoms with Crippen molar-refractivity contribution in [2.24, 2.45) is 0 Å². The first-order valence-electron chi connectivity index (χ1n) is 4.37. The predicted molar refractivity (Wildman–Crippen MR) is 54.0 cm³/mol. The van der Waals surface area contributed by atoms with Crippen LogP contribution in [0.25, 0.3) is 0 Å². The van der Waals surface area contributed by atoms with Crippen LogP contribution < -0.4 is 0 Å². The molecule has 0 N–H and O–H groups in total. The normalized spacial score (nSPS) is 12.5. The first-order valence-corrected chi connectivity index (χ1v) is 7.23. The zero-order valence-corrected chi connectivity index (χ0v) is 9.10. The molecule has 0 saturated carbocycles. The van der Waals surface area contributed by atoms with Gasteiger partial charge in [-0.3, -0.25) is 8.78 Å². The van der Waals surface area contributed by atoms with E-state index in [0.29, 0.717) is 12.8 Å². The zero-order chi connectivity index (χ0) is 9.07. The van der Waals surface area contributed by atoms with Crippen molar-refractivity contribution in [3.8, 4) is 0 Å². The molecule has 4 heteroatoms. The lowest BCUT2D eigenvalue weighted by atomic mass is 10.4. The van der Waals surface area contributed by atoms with Crippen molar-refractivity contribution in [2.75, 3.05) is 25.7 Å². The Morgan fingerprint density at radius 1 is 0.667 bits per heavy atom. The molecule has 72 valence electrons. The Kier molecular flexibility index (Phi) is 12.4. The van der Waals surface area contributed by atoms with E-state index in [1.165, 1.54) is 16.5 Å². The second kappa shape index (κ2) is 11.7. The van der Waals surface area contributed by atoms with E-state index in [-0.39, 0.29) is 13.3 Å². The summed E-state index contributed by atoms with van der Waals surface area (Å²) in [5.74, 6) is 0. The highest BCUT2D eigenvalue weighted by molar-refractivity contribution is 8.11. The van der Waals surface area contributed by atoms with E-state index in [4.69, 9.17) is 0 Å². The van der Waals surface area contributed by atoms with Gasteiger partial charge < -0.3 is 0 Å². The fourth-order valence-corrected chi connectivity index (χ4v) is 3.41. The first-order chi connectivity index (χ1) is 5.91. The van der Waals surface area contributed by atoms with Crippen molar-refractivity contribution >= 4 is 16.5 Å². The Bertz CT molecular complexity index is 71.5. The van der Waals surface area contributed by atoms with Crippen molar-refractivity contribution in [2.45, 2.75) is 25.7 Å². The smallest absolute Gasteiger partial charge is 0.0894 e. The third-order valence-corrected chi connectivity index (χ3v) is 4.42. The minimum atomic E-state index is -0.186. The molecule has 0 amide bonds. The molecular weight excluding hydrogens is 196 g/mol. The summed E-state index contributed by atoms with van der Waals surface area (Å²) in [7, 11) is 2.76. The van der Waals surface area contributed by atoms with Crippen molar-refractivity contribution in [1.29, 1.82) is 0 Å². The molecule has 0 fully saturated rings. The molecule has 0 aromatic carbocycles. The monoisotopic (exact) mass is 212 g/mol. The molecule has 0 saturated heterocycles. The lowest BCUT2D eigenvalue weighted by molar-refractivity contribution is 0.469. The van der Waals surface area contributed by atoms with E-state index in [0.717, 1.165) is 25.2 Å². The van der Waals surface area contributed by atoms with Crippen LogP contribution in [0.15, 0.2) is 0 Å². The Balaban J connectivity index is 2.73. The molecule has 0 aliphatic rings. The maximum atomic E-state index is 11.6. The SMILES string of the molecule is FCCCC[P][P]CCCCF. The highest BCUT2D eigenvalue weighted by Gasteiger charge is 1.92. The van der Waals surface area contributed by atoms with Gasteiger partial charge in [0.25, 0.3) is 0 Å². The molecule has 0 nitrogen and oxygen atoms in total. The second-order valence-corrected chi connectivity index (χ2v) is 5.68. The highest BCUT2D eigenvalue weighted by atomic mass is 32.0. The number of unbranched alkanes of at least 4 members (excludes halogenated alkanes) is 2. The predicted octanol–water partition coefficient (Wildman–Crippen LogP) is 4.29. The third kappa shape index (κ3) is 10.7. The van der Waals surface area contributed by atoms with Crippen LogP contribution in [0.5, 0.6) is 0 Å². The summed E-state index contributed by atoms with van der Waals surface area (Å²) < 4.78 is 23.2. The van der Waals surface area contributed by atoms with Gasteiger partial charge >= 0.3 is 0 Å². The Labute approximate surface area is 77.3 Å². The van der Waals surface area contributed by atoms with Gasteiger partial charge in [-0.1, -0.05) is 0 Å². The van der Waals surface area contributed by atoms with E-state index in [1.807, 2.05) is 0 Å². The first kappa shape index (κ1) is 12.7. The number of rotatable bonds is 9. The van der Waals surface area contributed by atoms with E-state index in [2.05, 4.69) is 0 Å². The topological polar surface area (TPSA) is 0 Å². The molecular formula is C8H16F2P2. The average Bonchev–Trinajstić information content (AvgIpc) is 2.10. The lowest BCUT2D eigenvalue weighted by Gasteiger charge is -1.97. The molecule has 0 spiro atoms. The van der Waals surface area contributed by atoms with E-state index in [9.17, 15) is 8.78 Å². The summed E-state index contributed by atoms with van der Waals surface area (Å²) in [5, 5.41) is 0. The fraction of sp³-hybridized carbons (Fsp3) is 1.00. The summed E-state index contributed by atoms with van der Waals surface area (Å²) in [6.07, 6.45) is 5.59. The minimum Gasteiger partial charge on any atom is -0.251 e. The van der Waals surface area contributed by atoms with Gasteiger partial charge in [0, 0.05) is 0 Å². The van der Waals surface area contributed by atoms with E-state index in [1.54, 1.807) is 0 Å². The molecule has 0 atom stereocenters. The maximum Gasteiger partial charge on any atom is 0.0894 e. The van der Waals surface area contributed by atoms with Gasteiger partial charge in [0.15, 0.2) is 0 Å². The number of halogens is 2. The molecule has 0 unspecified atom stereocenters.